The summed E-state index contributed by atoms with van der Waals surface area (Å²) in [6.45, 7) is 4.83. The summed E-state index contributed by atoms with van der Waals surface area (Å²) in [5.74, 6) is -0.520. The van der Waals surface area contributed by atoms with Crippen molar-refractivity contribution < 1.29 is 14.4 Å². The fourth-order valence-corrected chi connectivity index (χ4v) is 5.02. The molecule has 0 aromatic heterocycles. The monoisotopic (exact) mass is 482 g/mol. The number of primary amides is 1. The molecule has 2 saturated heterocycles. The van der Waals surface area contributed by atoms with Gasteiger partial charge in [0.25, 0.3) is 0 Å². The van der Waals surface area contributed by atoms with Gasteiger partial charge in [-0.2, -0.15) is 0 Å². The predicted octanol–water partition coefficient (Wildman–Crippen LogP) is 2.94. The molecule has 1 unspecified atom stereocenters. The second-order valence-corrected chi connectivity index (χ2v) is 9.70. The van der Waals surface area contributed by atoms with E-state index >= 15 is 0 Å². The molecule has 2 aliphatic heterocycles. The number of nitrogens with zero attached hydrogens (tertiary/aromatic N) is 2. The largest absolute Gasteiger partial charge is 0.368 e. The predicted molar refractivity (Wildman–Crippen MR) is 126 cm³/mol. The highest BCUT2D eigenvalue weighted by molar-refractivity contribution is 6.42. The lowest BCUT2D eigenvalue weighted by molar-refractivity contribution is -0.153. The molecule has 2 heterocycles. The maximum atomic E-state index is 13.1. The van der Waals surface area contributed by atoms with Gasteiger partial charge in [-0.3, -0.25) is 14.4 Å². The molecule has 0 saturated carbocycles. The standard InChI is InChI=1S/C23H32Cl2N4O3/c1-16(17-5-6-18(24)19(25)14-17)7-11-28-12-8-23(9-13-28,22(32)27-15-20(26)30)29-10-3-2-4-21(29)31/h5-6,14,16H,2-4,7-13,15H2,1H3,(H2,26,30)(H,27,32). The van der Waals surface area contributed by atoms with Crippen LogP contribution in [-0.4, -0.2) is 65.8 Å². The number of hydrogen-bond donors (Lipinski definition) is 2. The first-order valence-electron chi connectivity index (χ1n) is 11.3. The molecule has 3 rings (SSSR count). The minimum atomic E-state index is -0.904. The van der Waals surface area contributed by atoms with Gasteiger partial charge in [0.2, 0.25) is 17.7 Å². The molecular formula is C23H32Cl2N4O3. The molecule has 9 heteroatoms. The van der Waals surface area contributed by atoms with Crippen LogP contribution in [0.25, 0.3) is 0 Å². The summed E-state index contributed by atoms with van der Waals surface area (Å²) in [5, 5.41) is 3.77. The van der Waals surface area contributed by atoms with Crippen molar-refractivity contribution in [3.05, 3.63) is 33.8 Å². The van der Waals surface area contributed by atoms with E-state index in [1.165, 1.54) is 0 Å². The molecule has 0 radical (unpaired) electrons. The van der Waals surface area contributed by atoms with Crippen LogP contribution in [0.4, 0.5) is 0 Å². The van der Waals surface area contributed by atoms with Gasteiger partial charge in [-0.1, -0.05) is 36.2 Å². The molecule has 0 aliphatic carbocycles. The fourth-order valence-electron chi connectivity index (χ4n) is 4.72. The van der Waals surface area contributed by atoms with E-state index in [9.17, 15) is 14.4 Å². The van der Waals surface area contributed by atoms with Crippen LogP contribution < -0.4 is 11.1 Å². The normalized spacial score (nSPS) is 20.1. The zero-order chi connectivity index (χ0) is 23.3. The first-order chi connectivity index (χ1) is 15.2. The minimum Gasteiger partial charge on any atom is -0.368 e. The molecule has 3 N–H and O–H groups in total. The average Bonchev–Trinajstić information content (AvgIpc) is 2.78. The number of carbonyl (C=O) groups is 3. The van der Waals surface area contributed by atoms with Crippen molar-refractivity contribution in [3.8, 4) is 0 Å². The number of nitrogens with two attached hydrogens (primary N) is 1. The van der Waals surface area contributed by atoms with Gasteiger partial charge in [0.15, 0.2) is 0 Å². The number of halogens is 2. The highest BCUT2D eigenvalue weighted by atomic mass is 35.5. The average molecular weight is 483 g/mol. The summed E-state index contributed by atoms with van der Waals surface area (Å²) in [4.78, 5) is 41.1. The van der Waals surface area contributed by atoms with Crippen LogP contribution in [0.3, 0.4) is 0 Å². The Hall–Kier alpha value is -1.83. The van der Waals surface area contributed by atoms with E-state index in [0.717, 1.165) is 31.4 Å². The van der Waals surface area contributed by atoms with E-state index in [-0.39, 0.29) is 18.4 Å². The summed E-state index contributed by atoms with van der Waals surface area (Å²) >= 11 is 12.2. The van der Waals surface area contributed by atoms with Crippen LogP contribution in [0.5, 0.6) is 0 Å². The zero-order valence-corrected chi connectivity index (χ0v) is 20.1. The Bertz CT molecular complexity index is 856. The van der Waals surface area contributed by atoms with Crippen LogP contribution >= 0.6 is 23.2 Å². The summed E-state index contributed by atoms with van der Waals surface area (Å²) in [5.41, 5.74) is 5.46. The van der Waals surface area contributed by atoms with E-state index in [0.29, 0.717) is 54.9 Å². The lowest BCUT2D eigenvalue weighted by Crippen LogP contribution is -2.66. The Labute approximate surface area is 199 Å². The maximum Gasteiger partial charge on any atom is 0.246 e. The number of nitrogens with one attached hydrogen (secondary N) is 1. The van der Waals surface area contributed by atoms with Gasteiger partial charge in [-0.15, -0.1) is 0 Å². The number of likely N-dealkylation sites (tertiary alicyclic amines) is 2. The van der Waals surface area contributed by atoms with Gasteiger partial charge in [-0.05, 0) is 62.3 Å². The topological polar surface area (TPSA) is 95.7 Å². The molecular weight excluding hydrogens is 451 g/mol. The third-order valence-corrected chi connectivity index (χ3v) is 7.50. The molecule has 1 atom stereocenters. The number of amides is 3. The molecule has 3 amide bonds. The van der Waals surface area contributed by atoms with Gasteiger partial charge in [0.05, 0.1) is 16.6 Å². The second kappa shape index (κ2) is 10.9. The Kier molecular flexibility index (Phi) is 8.42. The Morgan fingerprint density at radius 3 is 2.50 bits per heavy atom. The quantitative estimate of drug-likeness (QED) is 0.595. The second-order valence-electron chi connectivity index (χ2n) is 8.89. The van der Waals surface area contributed by atoms with Crippen LogP contribution in [0, 0.1) is 0 Å². The molecule has 32 heavy (non-hydrogen) atoms. The van der Waals surface area contributed by atoms with Gasteiger partial charge in [0, 0.05) is 26.1 Å². The molecule has 1 aromatic carbocycles. The first-order valence-corrected chi connectivity index (χ1v) is 12.0. The summed E-state index contributed by atoms with van der Waals surface area (Å²) in [6.07, 6.45) is 4.25. The summed E-state index contributed by atoms with van der Waals surface area (Å²) in [6, 6.07) is 5.75. The number of benzene rings is 1. The molecule has 1 aromatic rings. The van der Waals surface area contributed by atoms with Crippen molar-refractivity contribution in [1.29, 1.82) is 0 Å². The van der Waals surface area contributed by atoms with Crippen molar-refractivity contribution >= 4 is 40.9 Å². The SMILES string of the molecule is CC(CCN1CCC(C(=O)NCC(N)=O)(N2CCCCC2=O)CC1)c1ccc(Cl)c(Cl)c1. The van der Waals surface area contributed by atoms with E-state index in [2.05, 4.69) is 17.1 Å². The summed E-state index contributed by atoms with van der Waals surface area (Å²) < 4.78 is 0. The van der Waals surface area contributed by atoms with Crippen molar-refractivity contribution in [2.45, 2.75) is 56.9 Å². The van der Waals surface area contributed by atoms with Gasteiger partial charge >= 0.3 is 0 Å². The Morgan fingerprint density at radius 1 is 1.16 bits per heavy atom. The highest BCUT2D eigenvalue weighted by Crippen LogP contribution is 2.34. The maximum absolute atomic E-state index is 13.1. The van der Waals surface area contributed by atoms with Crippen molar-refractivity contribution in [2.75, 3.05) is 32.7 Å². The van der Waals surface area contributed by atoms with Gasteiger partial charge in [-0.25, -0.2) is 0 Å². The fraction of sp³-hybridized carbons (Fsp3) is 0.609. The van der Waals surface area contributed by atoms with Crippen molar-refractivity contribution in [1.82, 2.24) is 15.1 Å². The number of piperidine rings is 2. The van der Waals surface area contributed by atoms with Crippen molar-refractivity contribution in [2.24, 2.45) is 5.73 Å². The van der Waals surface area contributed by atoms with Gasteiger partial charge in [0.1, 0.15) is 5.54 Å². The Balaban J connectivity index is 1.62. The lowest BCUT2D eigenvalue weighted by Gasteiger charge is -2.48. The van der Waals surface area contributed by atoms with Crippen LogP contribution in [0.2, 0.25) is 10.0 Å². The summed E-state index contributed by atoms with van der Waals surface area (Å²) in [7, 11) is 0. The van der Waals surface area contributed by atoms with Crippen LogP contribution in [0.1, 0.15) is 56.9 Å². The molecule has 2 fully saturated rings. The number of carbonyl (C=O) groups excluding carboxylic acids is 3. The third kappa shape index (κ3) is 5.74. The van der Waals surface area contributed by atoms with Crippen LogP contribution in [-0.2, 0) is 14.4 Å². The zero-order valence-electron chi connectivity index (χ0n) is 18.5. The molecule has 2 aliphatic rings. The third-order valence-electron chi connectivity index (χ3n) is 6.76. The van der Waals surface area contributed by atoms with E-state index < -0.39 is 11.4 Å². The highest BCUT2D eigenvalue weighted by Gasteiger charge is 2.48. The number of rotatable bonds is 8. The first kappa shape index (κ1) is 24.8. The molecule has 7 nitrogen and oxygen atoms in total. The van der Waals surface area contributed by atoms with E-state index in [1.54, 1.807) is 4.90 Å². The van der Waals surface area contributed by atoms with Crippen molar-refractivity contribution in [3.63, 3.8) is 0 Å². The molecule has 0 spiro atoms. The lowest BCUT2D eigenvalue weighted by atomic mass is 9.82. The van der Waals surface area contributed by atoms with E-state index in [4.69, 9.17) is 28.9 Å². The Morgan fingerprint density at radius 2 is 1.88 bits per heavy atom. The van der Waals surface area contributed by atoms with Gasteiger partial charge < -0.3 is 20.9 Å². The minimum absolute atomic E-state index is 0.0205. The molecule has 176 valence electrons. The van der Waals surface area contributed by atoms with E-state index in [1.807, 2.05) is 18.2 Å². The molecule has 0 bridgehead atoms. The number of hydrogen-bond acceptors (Lipinski definition) is 4. The smallest absolute Gasteiger partial charge is 0.246 e. The van der Waals surface area contributed by atoms with Crippen LogP contribution in [0.15, 0.2) is 18.2 Å².